The molecule has 1 aromatic rings. The van der Waals surface area contributed by atoms with E-state index in [4.69, 9.17) is 0 Å². The first-order valence-electron chi connectivity index (χ1n) is 5.67. The zero-order valence-corrected chi connectivity index (χ0v) is 11.5. The van der Waals surface area contributed by atoms with Gasteiger partial charge < -0.3 is 0 Å². The third kappa shape index (κ3) is 3.17. The van der Waals surface area contributed by atoms with Crippen LogP contribution in [-0.2, 0) is 4.79 Å². The van der Waals surface area contributed by atoms with E-state index >= 15 is 0 Å². The summed E-state index contributed by atoms with van der Waals surface area (Å²) in [5.41, 5.74) is 1.29. The Labute approximate surface area is 99.2 Å². The van der Waals surface area contributed by atoms with Crippen LogP contribution < -0.4 is 0 Å². The average molecular weight is 232 g/mol. The summed E-state index contributed by atoms with van der Waals surface area (Å²) in [5.74, 6) is 0.345. The van der Waals surface area contributed by atoms with Crippen molar-refractivity contribution in [3.8, 4) is 0 Å². The van der Waals surface area contributed by atoms with Gasteiger partial charge in [-0.2, -0.15) is 0 Å². The molecule has 1 rings (SSSR count). The summed E-state index contributed by atoms with van der Waals surface area (Å²) >= 11 is 0. The van der Waals surface area contributed by atoms with Crippen molar-refractivity contribution in [2.24, 2.45) is 0 Å². The average Bonchev–Trinajstić information content (AvgIpc) is 2.25. The first kappa shape index (κ1) is 12.9. The van der Waals surface area contributed by atoms with Crippen molar-refractivity contribution in [3.63, 3.8) is 0 Å². The number of hydrogen-bond donors (Lipinski definition) is 0. The predicted octanol–water partition coefficient (Wildman–Crippen LogP) is 3.79. The quantitative estimate of drug-likeness (QED) is 0.438. The van der Waals surface area contributed by atoms with Gasteiger partial charge >= 0.3 is 0 Å². The second kappa shape index (κ2) is 5.26. The first-order chi connectivity index (χ1) is 7.46. The Balaban J connectivity index is 3.07. The molecule has 0 radical (unpaired) electrons. The molecule has 1 aromatic carbocycles. The highest BCUT2D eigenvalue weighted by molar-refractivity contribution is 6.83. The van der Waals surface area contributed by atoms with Gasteiger partial charge in [-0.3, -0.25) is 4.79 Å². The largest absolute Gasteiger partial charge is 0.299 e. The Kier molecular flexibility index (Phi) is 4.24. The lowest BCUT2D eigenvalue weighted by Crippen LogP contribution is -2.27. The number of aldehydes is 1. The number of rotatable bonds is 4. The number of carbonyl (C=O) groups is 1. The van der Waals surface area contributed by atoms with Crippen LogP contribution in [0.4, 0.5) is 0 Å². The van der Waals surface area contributed by atoms with Gasteiger partial charge in [-0.25, -0.2) is 0 Å². The minimum absolute atomic E-state index is 0.345. The summed E-state index contributed by atoms with van der Waals surface area (Å²) in [6, 6.07) is 10.4. The summed E-state index contributed by atoms with van der Waals surface area (Å²) in [5, 5.41) is 1.31. The fourth-order valence-electron chi connectivity index (χ4n) is 2.04. The fourth-order valence-corrected chi connectivity index (χ4v) is 4.07. The van der Waals surface area contributed by atoms with Gasteiger partial charge in [0, 0.05) is 0 Å². The van der Waals surface area contributed by atoms with Crippen molar-refractivity contribution in [3.05, 3.63) is 47.2 Å². The van der Waals surface area contributed by atoms with Crippen molar-refractivity contribution in [2.45, 2.75) is 32.5 Å². The molecule has 0 N–H and O–H groups in total. The molecule has 0 bridgehead atoms. The van der Waals surface area contributed by atoms with Crippen LogP contribution in [0.25, 0.3) is 0 Å². The van der Waals surface area contributed by atoms with Crippen LogP contribution in [0.3, 0.4) is 0 Å². The van der Waals surface area contributed by atoms with Crippen molar-refractivity contribution in [1.82, 2.24) is 0 Å². The Morgan fingerprint density at radius 1 is 1.19 bits per heavy atom. The number of hydrogen-bond acceptors (Lipinski definition) is 1. The maximum atomic E-state index is 10.7. The molecular formula is C14H20OSi. The lowest BCUT2D eigenvalue weighted by molar-refractivity contribution is -0.104. The Morgan fingerprint density at radius 2 is 1.75 bits per heavy atom. The Morgan fingerprint density at radius 3 is 2.19 bits per heavy atom. The minimum Gasteiger partial charge on any atom is -0.299 e. The summed E-state index contributed by atoms with van der Waals surface area (Å²) < 4.78 is 0. The van der Waals surface area contributed by atoms with Crippen molar-refractivity contribution < 1.29 is 4.79 Å². The molecule has 2 heteroatoms. The smallest absolute Gasteiger partial charge is 0.142 e. The van der Waals surface area contributed by atoms with Crippen LogP contribution in [0.1, 0.15) is 18.4 Å². The number of benzene rings is 1. The molecule has 0 aliphatic rings. The van der Waals surface area contributed by atoms with Gasteiger partial charge in [0.1, 0.15) is 6.29 Å². The van der Waals surface area contributed by atoms with E-state index in [-0.39, 0.29) is 0 Å². The minimum atomic E-state index is -1.42. The summed E-state index contributed by atoms with van der Waals surface area (Å²) in [6.45, 7) is 9.02. The highest BCUT2D eigenvalue weighted by atomic mass is 28.3. The van der Waals surface area contributed by atoms with E-state index in [0.717, 1.165) is 6.29 Å². The topological polar surface area (TPSA) is 17.1 Å². The van der Waals surface area contributed by atoms with Gasteiger partial charge in [-0.15, -0.1) is 0 Å². The molecule has 1 atom stereocenters. The molecule has 16 heavy (non-hydrogen) atoms. The van der Waals surface area contributed by atoms with Crippen LogP contribution in [0, 0.1) is 0 Å². The predicted molar refractivity (Wildman–Crippen MR) is 72.4 cm³/mol. The van der Waals surface area contributed by atoms with Crippen LogP contribution in [0.5, 0.6) is 0 Å². The summed E-state index contributed by atoms with van der Waals surface area (Å²) in [6.07, 6.45) is 2.69. The SMILES string of the molecule is CC(/C(=C/C=O)[Si](C)(C)C)c1ccccc1. The van der Waals surface area contributed by atoms with Gasteiger partial charge in [0.15, 0.2) is 0 Å². The fraction of sp³-hybridized carbons (Fsp3) is 0.357. The number of carbonyl (C=O) groups excluding carboxylic acids is 1. The molecule has 1 unspecified atom stereocenters. The third-order valence-corrected chi connectivity index (χ3v) is 5.21. The van der Waals surface area contributed by atoms with Crippen LogP contribution in [0.15, 0.2) is 41.6 Å². The van der Waals surface area contributed by atoms with Crippen molar-refractivity contribution in [2.75, 3.05) is 0 Å². The number of allylic oxidation sites excluding steroid dienone is 2. The zero-order chi connectivity index (χ0) is 12.2. The highest BCUT2D eigenvalue weighted by Crippen LogP contribution is 2.30. The molecule has 1 nitrogen and oxygen atoms in total. The standard InChI is InChI=1S/C14H20OSi/c1-12(13-8-6-5-7-9-13)14(10-11-15)16(2,3)4/h5-12H,1-4H3/b14-10-. The molecule has 0 amide bonds. The van der Waals surface area contributed by atoms with E-state index < -0.39 is 8.07 Å². The van der Waals surface area contributed by atoms with E-state index in [0.29, 0.717) is 5.92 Å². The van der Waals surface area contributed by atoms with Crippen LogP contribution in [-0.4, -0.2) is 14.4 Å². The molecule has 86 valence electrons. The van der Waals surface area contributed by atoms with Crippen molar-refractivity contribution in [1.29, 1.82) is 0 Å². The molecule has 0 fully saturated rings. The first-order valence-corrected chi connectivity index (χ1v) is 9.17. The van der Waals surface area contributed by atoms with E-state index in [1.807, 2.05) is 6.07 Å². The van der Waals surface area contributed by atoms with Gasteiger partial charge in [-0.1, -0.05) is 62.1 Å². The van der Waals surface area contributed by atoms with Gasteiger partial charge in [0.25, 0.3) is 0 Å². The second-order valence-electron chi connectivity index (χ2n) is 5.14. The third-order valence-electron chi connectivity index (χ3n) is 2.88. The van der Waals surface area contributed by atoms with Crippen LogP contribution >= 0.6 is 0 Å². The molecule has 0 saturated carbocycles. The van der Waals surface area contributed by atoms with Gasteiger partial charge in [0.05, 0.1) is 8.07 Å². The monoisotopic (exact) mass is 232 g/mol. The maximum Gasteiger partial charge on any atom is 0.142 e. The van der Waals surface area contributed by atoms with E-state index in [2.05, 4.69) is 50.8 Å². The molecule has 0 heterocycles. The lowest BCUT2D eigenvalue weighted by Gasteiger charge is -2.26. The Bertz CT molecular complexity index is 373. The van der Waals surface area contributed by atoms with E-state index in [1.54, 1.807) is 6.08 Å². The second-order valence-corrected chi connectivity index (χ2v) is 10.2. The van der Waals surface area contributed by atoms with E-state index in [9.17, 15) is 4.79 Å². The van der Waals surface area contributed by atoms with Crippen LogP contribution in [0.2, 0.25) is 19.6 Å². The summed E-state index contributed by atoms with van der Waals surface area (Å²) in [7, 11) is -1.42. The molecule has 0 spiro atoms. The molecule has 0 saturated heterocycles. The highest BCUT2D eigenvalue weighted by Gasteiger charge is 2.24. The molecule has 0 aliphatic heterocycles. The van der Waals surface area contributed by atoms with E-state index in [1.165, 1.54) is 10.8 Å². The zero-order valence-electron chi connectivity index (χ0n) is 10.5. The molecule has 0 aromatic heterocycles. The maximum absolute atomic E-state index is 10.7. The lowest BCUT2D eigenvalue weighted by atomic mass is 10.0. The summed E-state index contributed by atoms with van der Waals surface area (Å²) in [4.78, 5) is 10.7. The van der Waals surface area contributed by atoms with Crippen molar-refractivity contribution >= 4 is 14.4 Å². The van der Waals surface area contributed by atoms with Gasteiger partial charge in [-0.05, 0) is 17.6 Å². The van der Waals surface area contributed by atoms with Gasteiger partial charge in [0.2, 0.25) is 0 Å². The normalized spacial score (nSPS) is 14.6. The molecular weight excluding hydrogens is 212 g/mol. The Hall–Kier alpha value is -1.15. The molecule has 0 aliphatic carbocycles.